The molecule has 0 amide bonds. The summed E-state index contributed by atoms with van der Waals surface area (Å²) in [6.07, 6.45) is 2.74. The Hall–Kier alpha value is -1.36. The van der Waals surface area contributed by atoms with Gasteiger partial charge in [-0.3, -0.25) is 4.90 Å². The van der Waals surface area contributed by atoms with E-state index in [0.717, 1.165) is 48.9 Å². The quantitative estimate of drug-likeness (QED) is 0.870. The number of hydrogen-bond donors (Lipinski definition) is 0. The molecular weight excluding hydrogens is 288 g/mol. The predicted molar refractivity (Wildman–Crippen MR) is 81.4 cm³/mol. The zero-order chi connectivity index (χ0) is 14.7. The van der Waals surface area contributed by atoms with Crippen LogP contribution >= 0.6 is 11.6 Å². The Morgan fingerprint density at radius 3 is 3.00 bits per heavy atom. The van der Waals surface area contributed by atoms with Crippen LogP contribution in [0.3, 0.4) is 0 Å². The molecule has 4 nitrogen and oxygen atoms in total. The predicted octanol–water partition coefficient (Wildman–Crippen LogP) is 3.08. The van der Waals surface area contributed by atoms with E-state index in [9.17, 15) is 0 Å². The highest BCUT2D eigenvalue weighted by Crippen LogP contribution is 2.20. The van der Waals surface area contributed by atoms with Gasteiger partial charge in [0.05, 0.1) is 18.4 Å². The van der Waals surface area contributed by atoms with E-state index in [0.29, 0.717) is 5.89 Å². The maximum atomic E-state index is 6.22. The lowest BCUT2D eigenvalue weighted by atomic mass is 10.1. The van der Waals surface area contributed by atoms with Crippen LogP contribution in [0, 0.1) is 6.92 Å². The number of benzene rings is 1. The average Bonchev–Trinajstić information content (AvgIpc) is 2.87. The molecule has 1 aromatic carbocycles. The number of rotatable bonds is 4. The van der Waals surface area contributed by atoms with Crippen LogP contribution in [0.25, 0.3) is 0 Å². The molecule has 0 N–H and O–H groups in total. The molecule has 0 spiro atoms. The molecule has 5 heteroatoms. The lowest BCUT2D eigenvalue weighted by molar-refractivity contribution is -0.0308. The SMILES string of the molecule is Cc1nc(CN2CCO[C@H](Cc3ccccc3Cl)C2)co1. The molecular formula is C16H19ClN2O2. The third kappa shape index (κ3) is 3.84. The maximum absolute atomic E-state index is 6.22. The Labute approximate surface area is 129 Å². The van der Waals surface area contributed by atoms with Crippen LogP contribution < -0.4 is 0 Å². The summed E-state index contributed by atoms with van der Waals surface area (Å²) in [6.45, 7) is 5.22. The Morgan fingerprint density at radius 2 is 2.24 bits per heavy atom. The second-order valence-corrected chi connectivity index (χ2v) is 5.79. The van der Waals surface area contributed by atoms with Crippen molar-refractivity contribution in [2.45, 2.75) is 26.0 Å². The minimum absolute atomic E-state index is 0.173. The van der Waals surface area contributed by atoms with E-state index in [2.05, 4.69) is 16.0 Å². The molecule has 0 aliphatic carbocycles. The highest BCUT2D eigenvalue weighted by molar-refractivity contribution is 6.31. The molecule has 1 aromatic heterocycles. The summed E-state index contributed by atoms with van der Waals surface area (Å²) < 4.78 is 11.1. The number of morpholine rings is 1. The van der Waals surface area contributed by atoms with Crippen molar-refractivity contribution in [1.29, 1.82) is 0 Å². The molecule has 112 valence electrons. The first-order valence-corrected chi connectivity index (χ1v) is 7.57. The largest absolute Gasteiger partial charge is 0.449 e. The normalized spacial score (nSPS) is 19.8. The Balaban J connectivity index is 1.59. The van der Waals surface area contributed by atoms with E-state index in [1.54, 1.807) is 6.26 Å². The molecule has 2 heterocycles. The van der Waals surface area contributed by atoms with Gasteiger partial charge in [0.1, 0.15) is 6.26 Å². The zero-order valence-electron chi connectivity index (χ0n) is 12.1. The van der Waals surface area contributed by atoms with Gasteiger partial charge in [-0.15, -0.1) is 0 Å². The lowest BCUT2D eigenvalue weighted by Crippen LogP contribution is -2.42. The number of aromatic nitrogens is 1. The van der Waals surface area contributed by atoms with Crippen LogP contribution in [0.1, 0.15) is 17.1 Å². The van der Waals surface area contributed by atoms with Crippen LogP contribution in [-0.2, 0) is 17.7 Å². The van der Waals surface area contributed by atoms with Gasteiger partial charge in [-0.25, -0.2) is 4.98 Å². The highest BCUT2D eigenvalue weighted by Gasteiger charge is 2.22. The van der Waals surface area contributed by atoms with Crippen LogP contribution in [-0.4, -0.2) is 35.7 Å². The monoisotopic (exact) mass is 306 g/mol. The van der Waals surface area contributed by atoms with Crippen LogP contribution in [0.15, 0.2) is 34.9 Å². The summed E-state index contributed by atoms with van der Waals surface area (Å²) in [5.74, 6) is 0.714. The van der Waals surface area contributed by atoms with Gasteiger partial charge >= 0.3 is 0 Å². The van der Waals surface area contributed by atoms with E-state index in [1.165, 1.54) is 0 Å². The van der Waals surface area contributed by atoms with Gasteiger partial charge in [-0.2, -0.15) is 0 Å². The molecule has 1 saturated heterocycles. The molecule has 0 unspecified atom stereocenters. The smallest absolute Gasteiger partial charge is 0.191 e. The van der Waals surface area contributed by atoms with Gasteiger partial charge in [0.25, 0.3) is 0 Å². The standard InChI is InChI=1S/C16H19ClN2O2/c1-12-18-14(11-21-12)9-19-6-7-20-15(10-19)8-13-4-2-3-5-16(13)17/h2-5,11,15H,6-10H2,1H3/t15-/m1/s1. The van der Waals surface area contributed by atoms with Crippen LogP contribution in [0.5, 0.6) is 0 Å². The fourth-order valence-electron chi connectivity index (χ4n) is 2.67. The molecule has 21 heavy (non-hydrogen) atoms. The summed E-state index contributed by atoms with van der Waals surface area (Å²) in [7, 11) is 0. The average molecular weight is 307 g/mol. The summed E-state index contributed by atoms with van der Waals surface area (Å²) in [5.41, 5.74) is 2.12. The molecule has 1 aliphatic rings. The van der Waals surface area contributed by atoms with Crippen molar-refractivity contribution in [1.82, 2.24) is 9.88 Å². The number of oxazole rings is 1. The van der Waals surface area contributed by atoms with E-state index >= 15 is 0 Å². The molecule has 0 radical (unpaired) electrons. The van der Waals surface area contributed by atoms with Crippen molar-refractivity contribution >= 4 is 11.6 Å². The molecule has 0 bridgehead atoms. The number of hydrogen-bond acceptors (Lipinski definition) is 4. The molecule has 3 rings (SSSR count). The topological polar surface area (TPSA) is 38.5 Å². The van der Waals surface area contributed by atoms with Gasteiger partial charge < -0.3 is 9.15 Å². The second-order valence-electron chi connectivity index (χ2n) is 5.38. The Bertz CT molecular complexity index is 599. The lowest BCUT2D eigenvalue weighted by Gasteiger charge is -2.32. The first kappa shape index (κ1) is 14.6. The van der Waals surface area contributed by atoms with Crippen molar-refractivity contribution in [3.05, 3.63) is 52.7 Å². The summed E-state index contributed by atoms with van der Waals surface area (Å²) in [4.78, 5) is 6.71. The van der Waals surface area contributed by atoms with Gasteiger partial charge in [-0.05, 0) is 11.6 Å². The van der Waals surface area contributed by atoms with Crippen LogP contribution in [0.4, 0.5) is 0 Å². The maximum Gasteiger partial charge on any atom is 0.191 e. The molecule has 1 aliphatic heterocycles. The number of aryl methyl sites for hydroxylation is 1. The number of halogens is 1. The van der Waals surface area contributed by atoms with Gasteiger partial charge in [-0.1, -0.05) is 29.8 Å². The van der Waals surface area contributed by atoms with Crippen LogP contribution in [0.2, 0.25) is 5.02 Å². The van der Waals surface area contributed by atoms with Crippen molar-refractivity contribution < 1.29 is 9.15 Å². The third-order valence-corrected chi connectivity index (χ3v) is 4.05. The van der Waals surface area contributed by atoms with Gasteiger partial charge in [0.2, 0.25) is 0 Å². The van der Waals surface area contributed by atoms with Gasteiger partial charge in [0, 0.05) is 38.0 Å². The van der Waals surface area contributed by atoms with Crippen molar-refractivity contribution in [2.75, 3.05) is 19.7 Å². The molecule has 2 aromatic rings. The van der Waals surface area contributed by atoms with E-state index in [1.807, 2.05) is 25.1 Å². The summed E-state index contributed by atoms with van der Waals surface area (Å²) in [6, 6.07) is 7.95. The van der Waals surface area contributed by atoms with E-state index < -0.39 is 0 Å². The van der Waals surface area contributed by atoms with E-state index in [4.69, 9.17) is 20.8 Å². The Morgan fingerprint density at radius 1 is 1.38 bits per heavy atom. The van der Waals surface area contributed by atoms with Crippen molar-refractivity contribution in [3.8, 4) is 0 Å². The minimum atomic E-state index is 0.173. The summed E-state index contributed by atoms with van der Waals surface area (Å²) >= 11 is 6.22. The fraction of sp³-hybridized carbons (Fsp3) is 0.438. The third-order valence-electron chi connectivity index (χ3n) is 3.68. The number of nitrogens with zero attached hydrogens (tertiary/aromatic N) is 2. The van der Waals surface area contributed by atoms with Gasteiger partial charge in [0.15, 0.2) is 5.89 Å². The van der Waals surface area contributed by atoms with Crippen molar-refractivity contribution in [2.24, 2.45) is 0 Å². The zero-order valence-corrected chi connectivity index (χ0v) is 12.8. The first-order chi connectivity index (χ1) is 10.2. The van der Waals surface area contributed by atoms with Crippen molar-refractivity contribution in [3.63, 3.8) is 0 Å². The first-order valence-electron chi connectivity index (χ1n) is 7.19. The Kier molecular flexibility index (Phi) is 4.58. The highest BCUT2D eigenvalue weighted by atomic mass is 35.5. The number of ether oxygens (including phenoxy) is 1. The van der Waals surface area contributed by atoms with E-state index in [-0.39, 0.29) is 6.10 Å². The molecule has 1 atom stereocenters. The molecule has 1 fully saturated rings. The second kappa shape index (κ2) is 6.60. The minimum Gasteiger partial charge on any atom is -0.449 e. The summed E-state index contributed by atoms with van der Waals surface area (Å²) in [5, 5.41) is 0.811. The molecule has 0 saturated carbocycles. The fourth-order valence-corrected chi connectivity index (χ4v) is 2.88.